The SMILES string of the molecule is CCOC(=O)c1cc2c(Nc3ccc(OC(F)(F)F)c(Cl)c3)ccc(F)c2[nH]1. The molecule has 10 heteroatoms. The number of halogens is 5. The van der Waals surface area contributed by atoms with Crippen LogP contribution in [0.2, 0.25) is 5.02 Å². The molecule has 2 N–H and O–H groups in total. The number of anilines is 2. The van der Waals surface area contributed by atoms with E-state index in [2.05, 4.69) is 15.0 Å². The van der Waals surface area contributed by atoms with E-state index in [1.165, 1.54) is 30.3 Å². The van der Waals surface area contributed by atoms with E-state index >= 15 is 0 Å². The van der Waals surface area contributed by atoms with Crippen LogP contribution in [0.25, 0.3) is 10.9 Å². The number of aromatic nitrogens is 1. The molecule has 1 aromatic heterocycles. The molecule has 0 radical (unpaired) electrons. The van der Waals surface area contributed by atoms with Crippen LogP contribution in [0.4, 0.5) is 28.9 Å². The standard InChI is InChI=1S/C18H13ClF4N2O3/c1-2-27-17(26)14-8-10-13(5-4-12(20)16(10)25-14)24-9-3-6-15(11(19)7-9)28-18(21,22)23/h3-8,24-25H,2H2,1H3. The van der Waals surface area contributed by atoms with E-state index in [9.17, 15) is 22.4 Å². The lowest BCUT2D eigenvalue weighted by Gasteiger charge is -2.13. The van der Waals surface area contributed by atoms with Gasteiger partial charge in [-0.1, -0.05) is 11.6 Å². The Morgan fingerprint density at radius 2 is 1.96 bits per heavy atom. The second-order valence-corrected chi connectivity index (χ2v) is 6.01. The van der Waals surface area contributed by atoms with Gasteiger partial charge in [0.2, 0.25) is 0 Å². The first-order valence-corrected chi connectivity index (χ1v) is 8.36. The molecule has 3 rings (SSSR count). The fraction of sp³-hybridized carbons (Fsp3) is 0.167. The van der Waals surface area contributed by atoms with E-state index in [0.717, 1.165) is 6.07 Å². The van der Waals surface area contributed by atoms with Gasteiger partial charge in [-0.2, -0.15) is 0 Å². The Balaban J connectivity index is 1.93. The van der Waals surface area contributed by atoms with E-state index in [1.807, 2.05) is 0 Å². The molecule has 0 aliphatic carbocycles. The molecule has 2 aromatic carbocycles. The molecule has 28 heavy (non-hydrogen) atoms. The molecule has 148 valence electrons. The number of alkyl halides is 3. The molecule has 0 bridgehead atoms. The number of hydrogen-bond acceptors (Lipinski definition) is 4. The van der Waals surface area contributed by atoms with Crippen molar-refractivity contribution in [2.75, 3.05) is 11.9 Å². The molecule has 0 aliphatic rings. The third-order valence-electron chi connectivity index (χ3n) is 3.67. The van der Waals surface area contributed by atoms with Gasteiger partial charge in [-0.15, -0.1) is 13.2 Å². The summed E-state index contributed by atoms with van der Waals surface area (Å²) in [6.07, 6.45) is -4.86. The van der Waals surface area contributed by atoms with Gasteiger partial charge in [-0.3, -0.25) is 0 Å². The van der Waals surface area contributed by atoms with Crippen molar-refractivity contribution in [3.8, 4) is 5.75 Å². The lowest BCUT2D eigenvalue weighted by Crippen LogP contribution is -2.17. The zero-order chi connectivity index (χ0) is 20.5. The highest BCUT2D eigenvalue weighted by Gasteiger charge is 2.32. The van der Waals surface area contributed by atoms with Crippen molar-refractivity contribution in [3.63, 3.8) is 0 Å². The number of benzene rings is 2. The van der Waals surface area contributed by atoms with Crippen LogP contribution in [-0.4, -0.2) is 23.9 Å². The summed E-state index contributed by atoms with van der Waals surface area (Å²) in [5.41, 5.74) is 0.892. The Bertz CT molecular complexity index is 1030. The van der Waals surface area contributed by atoms with Crippen molar-refractivity contribution in [1.82, 2.24) is 4.98 Å². The normalized spacial score (nSPS) is 11.5. The average Bonchev–Trinajstić information content (AvgIpc) is 3.06. The molecule has 5 nitrogen and oxygen atoms in total. The summed E-state index contributed by atoms with van der Waals surface area (Å²) < 4.78 is 59.8. The van der Waals surface area contributed by atoms with Crippen molar-refractivity contribution >= 4 is 39.8 Å². The number of carbonyl (C=O) groups excluding carboxylic acids is 1. The molecule has 1 heterocycles. The second-order valence-electron chi connectivity index (χ2n) is 5.61. The number of nitrogens with one attached hydrogen (secondary N) is 2. The largest absolute Gasteiger partial charge is 0.573 e. The quantitative estimate of drug-likeness (QED) is 0.409. The monoisotopic (exact) mass is 416 g/mol. The maximum atomic E-state index is 14.1. The predicted octanol–water partition coefficient (Wildman–Crippen LogP) is 5.78. The van der Waals surface area contributed by atoms with Crippen molar-refractivity contribution < 1.29 is 31.8 Å². The summed E-state index contributed by atoms with van der Waals surface area (Å²) in [5, 5.41) is 3.02. The Morgan fingerprint density at radius 3 is 2.61 bits per heavy atom. The topological polar surface area (TPSA) is 63.4 Å². The summed E-state index contributed by atoms with van der Waals surface area (Å²) >= 11 is 5.83. The minimum absolute atomic E-state index is 0.0666. The van der Waals surface area contributed by atoms with Crippen LogP contribution in [0.1, 0.15) is 17.4 Å². The number of carbonyl (C=O) groups is 1. The van der Waals surface area contributed by atoms with E-state index < -0.39 is 23.9 Å². The van der Waals surface area contributed by atoms with Crippen LogP contribution in [0.5, 0.6) is 5.75 Å². The van der Waals surface area contributed by atoms with Gasteiger partial charge >= 0.3 is 12.3 Å². The van der Waals surface area contributed by atoms with Gasteiger partial charge in [0.05, 0.1) is 17.1 Å². The smallest absolute Gasteiger partial charge is 0.461 e. The van der Waals surface area contributed by atoms with Gasteiger partial charge in [0, 0.05) is 16.8 Å². The molecular formula is C18H13ClF4N2O3. The number of hydrogen-bond donors (Lipinski definition) is 2. The summed E-state index contributed by atoms with van der Waals surface area (Å²) in [6.45, 7) is 1.80. The predicted molar refractivity (Wildman–Crippen MR) is 95.6 cm³/mol. The van der Waals surface area contributed by atoms with Crippen molar-refractivity contribution in [2.45, 2.75) is 13.3 Å². The molecule has 0 saturated carbocycles. The number of aromatic amines is 1. The molecule has 0 spiro atoms. The number of H-pyrrole nitrogens is 1. The van der Waals surface area contributed by atoms with E-state index in [1.54, 1.807) is 6.92 Å². The molecule has 0 saturated heterocycles. The summed E-state index contributed by atoms with van der Waals surface area (Å²) in [4.78, 5) is 14.5. The zero-order valence-corrected chi connectivity index (χ0v) is 15.0. The molecule has 3 aromatic rings. The van der Waals surface area contributed by atoms with Gasteiger partial charge < -0.3 is 19.8 Å². The van der Waals surface area contributed by atoms with Gasteiger partial charge in [-0.25, -0.2) is 9.18 Å². The van der Waals surface area contributed by atoms with Crippen molar-refractivity contribution in [2.24, 2.45) is 0 Å². The molecule has 0 amide bonds. The van der Waals surface area contributed by atoms with Crippen LogP contribution in [0.3, 0.4) is 0 Å². The third kappa shape index (κ3) is 4.30. The summed E-state index contributed by atoms with van der Waals surface area (Å²) in [5.74, 6) is -1.76. The molecule has 0 atom stereocenters. The number of fused-ring (bicyclic) bond motifs is 1. The van der Waals surface area contributed by atoms with Crippen LogP contribution in [-0.2, 0) is 4.74 Å². The molecule has 0 aliphatic heterocycles. The fourth-order valence-corrected chi connectivity index (χ4v) is 2.77. The lowest BCUT2D eigenvalue weighted by molar-refractivity contribution is -0.274. The second kappa shape index (κ2) is 7.59. The zero-order valence-electron chi connectivity index (χ0n) is 14.3. The van der Waals surface area contributed by atoms with Gasteiger partial charge in [0.25, 0.3) is 0 Å². The first kappa shape index (κ1) is 19.8. The van der Waals surface area contributed by atoms with Gasteiger partial charge in [-0.05, 0) is 43.3 Å². The first-order valence-electron chi connectivity index (χ1n) is 7.98. The third-order valence-corrected chi connectivity index (χ3v) is 3.97. The Labute approximate surface area is 161 Å². The average molecular weight is 417 g/mol. The van der Waals surface area contributed by atoms with Crippen molar-refractivity contribution in [1.29, 1.82) is 0 Å². The summed E-state index contributed by atoms with van der Waals surface area (Å²) in [6, 6.07) is 7.63. The highest BCUT2D eigenvalue weighted by molar-refractivity contribution is 6.32. The summed E-state index contributed by atoms with van der Waals surface area (Å²) in [7, 11) is 0. The minimum Gasteiger partial charge on any atom is -0.461 e. The van der Waals surface area contributed by atoms with Gasteiger partial charge in [0.15, 0.2) is 0 Å². The highest BCUT2D eigenvalue weighted by atomic mass is 35.5. The Hall–Kier alpha value is -2.94. The maximum absolute atomic E-state index is 14.1. The van der Waals surface area contributed by atoms with Gasteiger partial charge in [0.1, 0.15) is 17.3 Å². The fourth-order valence-electron chi connectivity index (χ4n) is 2.55. The molecule has 0 unspecified atom stereocenters. The number of esters is 1. The molecule has 0 fully saturated rings. The van der Waals surface area contributed by atoms with Crippen LogP contribution in [0.15, 0.2) is 36.4 Å². The number of rotatable bonds is 5. The Kier molecular flexibility index (Phi) is 5.37. The van der Waals surface area contributed by atoms with E-state index in [0.29, 0.717) is 16.8 Å². The maximum Gasteiger partial charge on any atom is 0.573 e. The molecular weight excluding hydrogens is 404 g/mol. The Morgan fingerprint density at radius 1 is 1.21 bits per heavy atom. The van der Waals surface area contributed by atoms with Crippen LogP contribution in [0, 0.1) is 5.82 Å². The number of ether oxygens (including phenoxy) is 2. The minimum atomic E-state index is -4.86. The van der Waals surface area contributed by atoms with Crippen LogP contribution < -0.4 is 10.1 Å². The first-order chi connectivity index (χ1) is 13.2. The lowest BCUT2D eigenvalue weighted by atomic mass is 10.2. The van der Waals surface area contributed by atoms with E-state index in [-0.39, 0.29) is 22.8 Å². The van der Waals surface area contributed by atoms with E-state index in [4.69, 9.17) is 16.3 Å². The van der Waals surface area contributed by atoms with Crippen molar-refractivity contribution in [3.05, 3.63) is 52.9 Å². The van der Waals surface area contributed by atoms with Crippen LogP contribution >= 0.6 is 11.6 Å². The highest BCUT2D eigenvalue weighted by Crippen LogP contribution is 2.35.